The summed E-state index contributed by atoms with van der Waals surface area (Å²) in [5, 5.41) is 15.0. The van der Waals surface area contributed by atoms with Crippen molar-refractivity contribution in [3.8, 4) is 0 Å². The van der Waals surface area contributed by atoms with Crippen LogP contribution in [0.25, 0.3) is 0 Å². The number of hydrogen-bond donors (Lipinski definition) is 2. The third-order valence-corrected chi connectivity index (χ3v) is 1.42. The fourth-order valence-electron chi connectivity index (χ4n) is 0.774. The Kier molecular flexibility index (Phi) is 1.38. The van der Waals surface area contributed by atoms with Crippen molar-refractivity contribution in [2.75, 3.05) is 13.1 Å². The number of rotatable bonds is 1. The van der Waals surface area contributed by atoms with Gasteiger partial charge in [0.1, 0.15) is 0 Å². The molecule has 0 bridgehead atoms. The molecule has 1 heterocycles. The first kappa shape index (κ1) is 6.07. The molecule has 0 aromatic rings. The van der Waals surface area contributed by atoms with E-state index in [1.54, 1.807) is 0 Å². The lowest BCUT2D eigenvalue weighted by atomic mass is 10.0. The third kappa shape index (κ3) is 1.01. The Hall–Kier alpha value is -1.06. The van der Waals surface area contributed by atoms with Crippen molar-refractivity contribution in [1.82, 2.24) is 4.90 Å². The van der Waals surface area contributed by atoms with Crippen molar-refractivity contribution in [2.45, 2.75) is 0 Å². The Morgan fingerprint density at radius 2 is 2.33 bits per heavy atom. The zero-order valence-electron chi connectivity index (χ0n) is 4.87. The van der Waals surface area contributed by atoms with Gasteiger partial charge in [-0.3, -0.25) is 0 Å². The van der Waals surface area contributed by atoms with Crippen LogP contribution >= 0.6 is 0 Å². The maximum absolute atomic E-state index is 10.1. The monoisotopic (exact) mass is 128 g/mol. The summed E-state index contributed by atoms with van der Waals surface area (Å²) in [6.07, 6.45) is 0.410. The summed E-state index contributed by atoms with van der Waals surface area (Å²) in [4.78, 5) is 11.4. The standard InChI is InChI=1S/C5H8N2O2/c6-1-4-2-7(3-4)5(8)9/h1,4,6H,2-3H2,(H,8,9). The molecule has 50 valence electrons. The molecule has 0 radical (unpaired) electrons. The summed E-state index contributed by atoms with van der Waals surface area (Å²) in [5.74, 6) is 0.168. The van der Waals surface area contributed by atoms with Crippen molar-refractivity contribution in [2.24, 2.45) is 5.92 Å². The highest BCUT2D eigenvalue weighted by atomic mass is 16.4. The molecule has 0 unspecified atom stereocenters. The van der Waals surface area contributed by atoms with E-state index >= 15 is 0 Å². The average molecular weight is 128 g/mol. The first-order valence-electron chi connectivity index (χ1n) is 2.72. The molecule has 0 saturated carbocycles. The number of amides is 1. The van der Waals surface area contributed by atoms with Gasteiger partial charge in [0.15, 0.2) is 0 Å². The van der Waals surface area contributed by atoms with Gasteiger partial charge in [-0.05, 0) is 0 Å². The first-order chi connectivity index (χ1) is 4.24. The van der Waals surface area contributed by atoms with Gasteiger partial charge >= 0.3 is 6.09 Å². The zero-order valence-corrected chi connectivity index (χ0v) is 4.87. The van der Waals surface area contributed by atoms with Gasteiger partial charge in [-0.25, -0.2) is 4.79 Å². The van der Waals surface area contributed by atoms with Crippen LogP contribution < -0.4 is 0 Å². The van der Waals surface area contributed by atoms with Crippen molar-refractivity contribution >= 4 is 12.3 Å². The van der Waals surface area contributed by atoms with Crippen LogP contribution in [0.5, 0.6) is 0 Å². The minimum absolute atomic E-state index is 0.168. The largest absolute Gasteiger partial charge is 0.465 e. The maximum Gasteiger partial charge on any atom is 0.407 e. The van der Waals surface area contributed by atoms with Gasteiger partial charge in [-0.1, -0.05) is 0 Å². The molecule has 4 nitrogen and oxygen atoms in total. The zero-order chi connectivity index (χ0) is 6.85. The summed E-state index contributed by atoms with van der Waals surface area (Å²) in [5.41, 5.74) is 0. The molecule has 1 aliphatic heterocycles. The second-order valence-electron chi connectivity index (χ2n) is 2.11. The molecular weight excluding hydrogens is 120 g/mol. The molecule has 1 aliphatic rings. The summed E-state index contributed by atoms with van der Waals surface area (Å²) in [6, 6.07) is 0. The molecule has 1 rings (SSSR count). The molecule has 0 spiro atoms. The fraction of sp³-hybridized carbons (Fsp3) is 0.600. The second-order valence-corrected chi connectivity index (χ2v) is 2.11. The molecule has 2 N–H and O–H groups in total. The first-order valence-corrected chi connectivity index (χ1v) is 2.72. The minimum Gasteiger partial charge on any atom is -0.465 e. The lowest BCUT2D eigenvalue weighted by Crippen LogP contribution is -2.49. The highest BCUT2D eigenvalue weighted by Crippen LogP contribution is 2.11. The van der Waals surface area contributed by atoms with Crippen LogP contribution in [-0.2, 0) is 0 Å². The van der Waals surface area contributed by atoms with E-state index in [1.807, 2.05) is 0 Å². The van der Waals surface area contributed by atoms with Gasteiger partial charge in [0.05, 0.1) is 0 Å². The van der Waals surface area contributed by atoms with Crippen molar-refractivity contribution in [1.29, 1.82) is 5.41 Å². The fourth-order valence-corrected chi connectivity index (χ4v) is 0.774. The number of likely N-dealkylation sites (tertiary alicyclic amines) is 1. The topological polar surface area (TPSA) is 64.4 Å². The Bertz CT molecular complexity index is 140. The summed E-state index contributed by atoms with van der Waals surface area (Å²) in [6.45, 7) is 0.998. The number of carbonyl (C=O) groups is 1. The molecule has 9 heavy (non-hydrogen) atoms. The van der Waals surface area contributed by atoms with E-state index in [1.165, 1.54) is 11.1 Å². The van der Waals surface area contributed by atoms with Crippen LogP contribution in [-0.4, -0.2) is 35.4 Å². The molecule has 0 aromatic carbocycles. The molecule has 1 amide bonds. The van der Waals surface area contributed by atoms with Crippen molar-refractivity contribution < 1.29 is 9.90 Å². The normalized spacial score (nSPS) is 18.9. The van der Waals surface area contributed by atoms with Crippen LogP contribution in [0, 0.1) is 11.3 Å². The van der Waals surface area contributed by atoms with E-state index in [2.05, 4.69) is 0 Å². The van der Waals surface area contributed by atoms with Crippen LogP contribution in [0.2, 0.25) is 0 Å². The summed E-state index contributed by atoms with van der Waals surface area (Å²) in [7, 11) is 0. The molecule has 1 saturated heterocycles. The molecule has 0 aromatic heterocycles. The smallest absolute Gasteiger partial charge is 0.407 e. The van der Waals surface area contributed by atoms with Gasteiger partial charge in [-0.2, -0.15) is 0 Å². The van der Waals surface area contributed by atoms with Crippen molar-refractivity contribution in [3.63, 3.8) is 0 Å². The molecular formula is C5H8N2O2. The van der Waals surface area contributed by atoms with Gasteiger partial charge in [0.2, 0.25) is 0 Å². The lowest BCUT2D eigenvalue weighted by Gasteiger charge is -2.34. The van der Waals surface area contributed by atoms with E-state index in [9.17, 15) is 4.79 Å². The Balaban J connectivity index is 2.26. The Morgan fingerprint density at radius 1 is 1.78 bits per heavy atom. The van der Waals surface area contributed by atoms with E-state index in [4.69, 9.17) is 10.5 Å². The van der Waals surface area contributed by atoms with Gasteiger partial charge < -0.3 is 15.4 Å². The van der Waals surface area contributed by atoms with E-state index in [0.29, 0.717) is 13.1 Å². The van der Waals surface area contributed by atoms with E-state index in [-0.39, 0.29) is 5.92 Å². The number of nitrogens with one attached hydrogen (secondary N) is 1. The van der Waals surface area contributed by atoms with Crippen LogP contribution in [0.4, 0.5) is 4.79 Å². The number of hydrogen-bond acceptors (Lipinski definition) is 2. The Labute approximate surface area is 52.6 Å². The highest BCUT2D eigenvalue weighted by molar-refractivity contribution is 5.70. The van der Waals surface area contributed by atoms with Gasteiger partial charge in [-0.15, -0.1) is 0 Å². The third-order valence-electron chi connectivity index (χ3n) is 1.42. The summed E-state index contributed by atoms with van der Waals surface area (Å²) < 4.78 is 0. The highest BCUT2D eigenvalue weighted by Gasteiger charge is 2.28. The molecule has 0 aliphatic carbocycles. The number of carboxylic acid groups (broad SMARTS) is 1. The predicted molar refractivity (Wildman–Crippen MR) is 31.9 cm³/mol. The van der Waals surface area contributed by atoms with Gasteiger partial charge in [0.25, 0.3) is 0 Å². The maximum atomic E-state index is 10.1. The quantitative estimate of drug-likeness (QED) is 0.497. The van der Waals surface area contributed by atoms with Crippen LogP contribution in [0.1, 0.15) is 0 Å². The summed E-state index contributed by atoms with van der Waals surface area (Å²) >= 11 is 0. The minimum atomic E-state index is -0.881. The predicted octanol–water partition coefficient (Wildman–Crippen LogP) is 0.246. The van der Waals surface area contributed by atoms with Crippen LogP contribution in [0.3, 0.4) is 0 Å². The van der Waals surface area contributed by atoms with E-state index in [0.717, 1.165) is 0 Å². The van der Waals surface area contributed by atoms with E-state index < -0.39 is 6.09 Å². The SMILES string of the molecule is N=CC1CN(C(=O)O)C1. The lowest BCUT2D eigenvalue weighted by molar-refractivity contribution is 0.104. The second kappa shape index (κ2) is 2.05. The average Bonchev–Trinajstić information content (AvgIpc) is 1.61. The van der Waals surface area contributed by atoms with Crippen molar-refractivity contribution in [3.05, 3.63) is 0 Å². The Morgan fingerprint density at radius 3 is 2.67 bits per heavy atom. The molecule has 0 atom stereocenters. The molecule has 1 fully saturated rings. The molecule has 4 heteroatoms. The van der Waals surface area contributed by atoms with Gasteiger partial charge in [0, 0.05) is 25.2 Å². The van der Waals surface area contributed by atoms with Crippen LogP contribution in [0.15, 0.2) is 0 Å². The number of nitrogens with zero attached hydrogens (tertiary/aromatic N) is 1.